The molecule has 0 unspecified atom stereocenters. The van der Waals surface area contributed by atoms with Gasteiger partial charge in [0.2, 0.25) is 5.91 Å². The van der Waals surface area contributed by atoms with Crippen LogP contribution in [-0.4, -0.2) is 61.6 Å². The molecule has 0 aromatic heterocycles. The van der Waals surface area contributed by atoms with Gasteiger partial charge >= 0.3 is 5.97 Å². The predicted octanol–water partition coefficient (Wildman–Crippen LogP) is 0.577. The summed E-state index contributed by atoms with van der Waals surface area (Å²) in [6.45, 7) is 0. The standard InChI is InChI=1S/C17H19N3O6S/c1-26-17(23)11-3-2-4-12(9-11)18-16(22)14-5-6-15(21)20(19-14)13-7-8-27(24,25)10-13/h2-4,9,13H,5-8,10H2,1H3,(H,18,22)/t13-/m1/s1. The third kappa shape index (κ3) is 4.33. The van der Waals surface area contributed by atoms with Gasteiger partial charge in [0.1, 0.15) is 5.71 Å². The van der Waals surface area contributed by atoms with Crippen molar-refractivity contribution in [2.75, 3.05) is 23.9 Å². The Hall–Kier alpha value is -2.75. The molecule has 1 aromatic rings. The van der Waals surface area contributed by atoms with E-state index in [1.54, 1.807) is 18.2 Å². The van der Waals surface area contributed by atoms with Crippen LogP contribution in [0.25, 0.3) is 0 Å². The maximum absolute atomic E-state index is 12.5. The lowest BCUT2D eigenvalue weighted by atomic mass is 10.1. The first-order chi connectivity index (χ1) is 12.8. The zero-order valence-corrected chi connectivity index (χ0v) is 15.5. The van der Waals surface area contributed by atoms with Gasteiger partial charge in [-0.25, -0.2) is 18.2 Å². The number of ether oxygens (including phenoxy) is 1. The summed E-state index contributed by atoms with van der Waals surface area (Å²) in [4.78, 5) is 36.2. The Morgan fingerprint density at radius 3 is 2.74 bits per heavy atom. The molecule has 0 radical (unpaired) electrons. The molecule has 1 saturated heterocycles. The van der Waals surface area contributed by atoms with Crippen molar-refractivity contribution in [1.29, 1.82) is 0 Å². The average molecular weight is 393 g/mol. The molecular weight excluding hydrogens is 374 g/mol. The molecule has 27 heavy (non-hydrogen) atoms. The molecular formula is C17H19N3O6S. The molecule has 2 amide bonds. The van der Waals surface area contributed by atoms with Crippen molar-refractivity contribution in [1.82, 2.24) is 5.01 Å². The molecule has 0 saturated carbocycles. The summed E-state index contributed by atoms with van der Waals surface area (Å²) in [5.74, 6) is -1.45. The molecule has 1 atom stereocenters. The maximum Gasteiger partial charge on any atom is 0.337 e. The smallest absolute Gasteiger partial charge is 0.337 e. The third-order valence-electron chi connectivity index (χ3n) is 4.42. The van der Waals surface area contributed by atoms with Gasteiger partial charge in [-0.3, -0.25) is 9.59 Å². The van der Waals surface area contributed by atoms with Crippen molar-refractivity contribution >= 4 is 39.0 Å². The Morgan fingerprint density at radius 1 is 1.30 bits per heavy atom. The van der Waals surface area contributed by atoms with Crippen LogP contribution in [0.3, 0.4) is 0 Å². The SMILES string of the molecule is COC(=O)c1cccc(NC(=O)C2=NN([C@@H]3CCS(=O)(=O)C3)C(=O)CC2)c1. The van der Waals surface area contributed by atoms with Gasteiger partial charge in [0.05, 0.1) is 30.2 Å². The van der Waals surface area contributed by atoms with E-state index in [4.69, 9.17) is 0 Å². The molecule has 1 aromatic carbocycles. The summed E-state index contributed by atoms with van der Waals surface area (Å²) in [7, 11) is -1.91. The van der Waals surface area contributed by atoms with E-state index < -0.39 is 27.8 Å². The first-order valence-electron chi connectivity index (χ1n) is 8.39. The van der Waals surface area contributed by atoms with Crippen LogP contribution in [0, 0.1) is 0 Å². The lowest BCUT2D eigenvalue weighted by molar-refractivity contribution is -0.133. The highest BCUT2D eigenvalue weighted by atomic mass is 32.2. The van der Waals surface area contributed by atoms with Crippen molar-refractivity contribution in [3.63, 3.8) is 0 Å². The van der Waals surface area contributed by atoms with E-state index >= 15 is 0 Å². The maximum atomic E-state index is 12.5. The van der Waals surface area contributed by atoms with E-state index in [-0.39, 0.29) is 41.5 Å². The number of benzene rings is 1. The quantitative estimate of drug-likeness (QED) is 0.747. The van der Waals surface area contributed by atoms with Crippen LogP contribution in [0.4, 0.5) is 5.69 Å². The number of hydrogen-bond acceptors (Lipinski definition) is 7. The fourth-order valence-electron chi connectivity index (χ4n) is 3.03. The van der Waals surface area contributed by atoms with Gasteiger partial charge in [0.15, 0.2) is 9.84 Å². The predicted molar refractivity (Wildman–Crippen MR) is 97.0 cm³/mol. The number of amides is 2. The van der Waals surface area contributed by atoms with Gasteiger partial charge in [0, 0.05) is 18.5 Å². The number of anilines is 1. The summed E-state index contributed by atoms with van der Waals surface area (Å²) in [6.07, 6.45) is 0.565. The van der Waals surface area contributed by atoms with E-state index in [2.05, 4.69) is 15.2 Å². The van der Waals surface area contributed by atoms with Crippen molar-refractivity contribution < 1.29 is 27.5 Å². The molecule has 1 N–H and O–H groups in total. The summed E-state index contributed by atoms with van der Waals surface area (Å²) in [5.41, 5.74) is 0.814. The molecule has 0 bridgehead atoms. The number of hydrazone groups is 1. The zero-order chi connectivity index (χ0) is 19.6. The van der Waals surface area contributed by atoms with Gasteiger partial charge in [0.25, 0.3) is 5.91 Å². The number of nitrogens with one attached hydrogen (secondary N) is 1. The highest BCUT2D eigenvalue weighted by Crippen LogP contribution is 2.22. The Morgan fingerprint density at radius 2 is 2.07 bits per heavy atom. The number of sulfone groups is 1. The van der Waals surface area contributed by atoms with Crippen LogP contribution in [0.15, 0.2) is 29.4 Å². The first-order valence-corrected chi connectivity index (χ1v) is 10.2. The molecule has 0 aliphatic carbocycles. The number of esters is 1. The van der Waals surface area contributed by atoms with Crippen molar-refractivity contribution in [3.8, 4) is 0 Å². The van der Waals surface area contributed by atoms with Gasteiger partial charge in [-0.2, -0.15) is 5.10 Å². The van der Waals surface area contributed by atoms with E-state index in [9.17, 15) is 22.8 Å². The summed E-state index contributed by atoms with van der Waals surface area (Å²) in [5, 5.41) is 7.88. The second-order valence-electron chi connectivity index (χ2n) is 6.37. The zero-order valence-electron chi connectivity index (χ0n) is 14.7. The molecule has 144 valence electrons. The molecule has 3 rings (SSSR count). The van der Waals surface area contributed by atoms with E-state index in [0.717, 1.165) is 5.01 Å². The van der Waals surface area contributed by atoms with Crippen LogP contribution < -0.4 is 5.32 Å². The highest BCUT2D eigenvalue weighted by Gasteiger charge is 2.37. The molecule has 2 aliphatic heterocycles. The van der Waals surface area contributed by atoms with Gasteiger partial charge < -0.3 is 10.1 Å². The number of methoxy groups -OCH3 is 1. The average Bonchev–Trinajstić information content (AvgIpc) is 3.01. The largest absolute Gasteiger partial charge is 0.465 e. The van der Waals surface area contributed by atoms with E-state index in [0.29, 0.717) is 12.1 Å². The molecule has 0 spiro atoms. The second-order valence-corrected chi connectivity index (χ2v) is 8.60. The van der Waals surface area contributed by atoms with Crippen LogP contribution in [0.2, 0.25) is 0 Å². The minimum atomic E-state index is -3.18. The van der Waals surface area contributed by atoms with E-state index in [1.807, 2.05) is 0 Å². The highest BCUT2D eigenvalue weighted by molar-refractivity contribution is 7.91. The molecule has 10 heteroatoms. The lowest BCUT2D eigenvalue weighted by Gasteiger charge is -2.27. The number of hydrogen-bond donors (Lipinski definition) is 1. The molecule has 2 heterocycles. The van der Waals surface area contributed by atoms with E-state index in [1.165, 1.54) is 13.2 Å². The summed E-state index contributed by atoms with van der Waals surface area (Å²) in [6, 6.07) is 5.71. The number of carbonyl (C=O) groups excluding carboxylic acids is 3. The van der Waals surface area contributed by atoms with Crippen LogP contribution >= 0.6 is 0 Å². The Kier molecular flexibility index (Phi) is 5.26. The summed E-state index contributed by atoms with van der Waals surface area (Å²) < 4.78 is 28.0. The number of carbonyl (C=O) groups is 3. The Bertz CT molecular complexity index is 924. The molecule has 9 nitrogen and oxygen atoms in total. The minimum Gasteiger partial charge on any atom is -0.465 e. The molecule has 2 aliphatic rings. The minimum absolute atomic E-state index is 0.0127. The number of nitrogens with zero attached hydrogens (tertiary/aromatic N) is 2. The van der Waals surface area contributed by atoms with Gasteiger partial charge in [-0.05, 0) is 24.6 Å². The van der Waals surface area contributed by atoms with Crippen LogP contribution in [-0.2, 0) is 24.2 Å². The number of rotatable bonds is 4. The van der Waals surface area contributed by atoms with Gasteiger partial charge in [-0.1, -0.05) is 6.07 Å². The topological polar surface area (TPSA) is 122 Å². The lowest BCUT2D eigenvalue weighted by Crippen LogP contribution is -2.42. The molecule has 1 fully saturated rings. The summed E-state index contributed by atoms with van der Waals surface area (Å²) >= 11 is 0. The second kappa shape index (κ2) is 7.47. The fourth-order valence-corrected chi connectivity index (χ4v) is 4.73. The monoisotopic (exact) mass is 393 g/mol. The Balaban J connectivity index is 1.75. The fraction of sp³-hybridized carbons (Fsp3) is 0.412. The van der Waals surface area contributed by atoms with Crippen LogP contribution in [0.5, 0.6) is 0 Å². The Labute approximate surface area is 156 Å². The normalized spacial score (nSPS) is 21.5. The van der Waals surface area contributed by atoms with Crippen molar-refractivity contribution in [2.45, 2.75) is 25.3 Å². The van der Waals surface area contributed by atoms with Crippen molar-refractivity contribution in [3.05, 3.63) is 29.8 Å². The van der Waals surface area contributed by atoms with Crippen molar-refractivity contribution in [2.24, 2.45) is 5.10 Å². The van der Waals surface area contributed by atoms with Gasteiger partial charge in [-0.15, -0.1) is 0 Å². The third-order valence-corrected chi connectivity index (χ3v) is 6.17. The van der Waals surface area contributed by atoms with Crippen LogP contribution in [0.1, 0.15) is 29.6 Å². The first kappa shape index (κ1) is 19.0.